The minimum absolute atomic E-state index is 0.000241. The highest BCUT2D eigenvalue weighted by atomic mass is 35.5. The fourth-order valence-corrected chi connectivity index (χ4v) is 2.56. The number of esters is 1. The van der Waals surface area contributed by atoms with Crippen LogP contribution in [-0.2, 0) is 19.2 Å². The first-order chi connectivity index (χ1) is 11.4. The van der Waals surface area contributed by atoms with Crippen molar-refractivity contribution in [3.05, 3.63) is 28.2 Å². The molecule has 0 aromatic heterocycles. The lowest BCUT2D eigenvalue weighted by atomic mass is 10.2. The molecule has 0 saturated carbocycles. The zero-order chi connectivity index (χ0) is 17.4. The molecule has 128 valence electrons. The molecule has 0 aliphatic carbocycles. The third-order valence-corrected chi connectivity index (χ3v) is 3.92. The third kappa shape index (κ3) is 2.98. The first-order valence-corrected chi connectivity index (χ1v) is 7.47. The number of aliphatic hydroxyl groups excluding tert-OH is 2. The summed E-state index contributed by atoms with van der Waals surface area (Å²) in [7, 11) is 0. The largest absolute Gasteiger partial charge is 0.434 e. The summed E-state index contributed by atoms with van der Waals surface area (Å²) < 4.78 is 4.95. The molecule has 0 bridgehead atoms. The van der Waals surface area contributed by atoms with Crippen LogP contribution in [0.1, 0.15) is 0 Å². The maximum absolute atomic E-state index is 11.8. The zero-order valence-electron chi connectivity index (χ0n) is 11.8. The van der Waals surface area contributed by atoms with Gasteiger partial charge in [0.25, 0.3) is 0 Å². The Morgan fingerprint density at radius 1 is 1.17 bits per heavy atom. The monoisotopic (exact) mass is 375 g/mol. The van der Waals surface area contributed by atoms with Gasteiger partial charge in [-0.2, -0.15) is 0 Å². The molecule has 2 heterocycles. The molecule has 24 heavy (non-hydrogen) atoms. The van der Waals surface area contributed by atoms with E-state index in [1.54, 1.807) is 18.2 Å². The molecule has 2 aliphatic rings. The van der Waals surface area contributed by atoms with Crippen LogP contribution in [0.15, 0.2) is 23.2 Å². The summed E-state index contributed by atoms with van der Waals surface area (Å²) >= 11 is 12.1. The fourth-order valence-electron chi connectivity index (χ4n) is 2.07. The van der Waals surface area contributed by atoms with Crippen LogP contribution in [0.3, 0.4) is 0 Å². The molecule has 0 radical (unpaired) electrons. The topological polar surface area (TPSA) is 121 Å². The van der Waals surface area contributed by atoms with Crippen molar-refractivity contribution < 1.29 is 29.4 Å². The summed E-state index contributed by atoms with van der Waals surface area (Å²) in [5, 5.41) is 23.3. The van der Waals surface area contributed by atoms with Crippen LogP contribution in [0.4, 0.5) is 5.69 Å². The van der Waals surface area contributed by atoms with E-state index in [4.69, 9.17) is 32.8 Å². The number of rotatable bonds is 1. The number of nitrogens with one attached hydrogen (secondary N) is 1. The van der Waals surface area contributed by atoms with Crippen molar-refractivity contribution in [3.63, 3.8) is 0 Å². The number of guanidine groups is 1. The van der Waals surface area contributed by atoms with Gasteiger partial charge in [0.1, 0.15) is 6.54 Å². The summed E-state index contributed by atoms with van der Waals surface area (Å²) in [5.74, 6) is -2.40. The number of benzene rings is 1. The lowest BCUT2D eigenvalue weighted by molar-refractivity contribution is -0.233. The summed E-state index contributed by atoms with van der Waals surface area (Å²) in [4.78, 5) is 32.4. The number of aliphatic imine (C=N–C) groups is 1. The highest BCUT2D eigenvalue weighted by molar-refractivity contribution is 6.39. The van der Waals surface area contributed by atoms with E-state index in [0.717, 1.165) is 5.06 Å². The van der Waals surface area contributed by atoms with E-state index in [1.165, 1.54) is 0 Å². The Morgan fingerprint density at radius 3 is 2.46 bits per heavy atom. The Labute approximate surface area is 145 Å². The van der Waals surface area contributed by atoms with Crippen molar-refractivity contribution in [1.82, 2.24) is 5.06 Å². The average Bonchev–Trinajstić information content (AvgIpc) is 2.90. The second-order valence-corrected chi connectivity index (χ2v) is 5.72. The van der Waals surface area contributed by atoms with Crippen molar-refractivity contribution in [3.8, 4) is 0 Å². The van der Waals surface area contributed by atoms with Crippen molar-refractivity contribution in [1.29, 1.82) is 0 Å². The van der Waals surface area contributed by atoms with Gasteiger partial charge in [-0.05, 0) is 12.1 Å². The number of hydrogen-bond acceptors (Lipinski definition) is 9. The van der Waals surface area contributed by atoms with Gasteiger partial charge in [0, 0.05) is 0 Å². The number of para-hydroxylation sites is 1. The Morgan fingerprint density at radius 2 is 1.79 bits per heavy atom. The lowest BCUT2D eigenvalue weighted by Crippen LogP contribution is -2.53. The Bertz CT molecular complexity index is 707. The van der Waals surface area contributed by atoms with Gasteiger partial charge in [-0.15, -0.1) is 5.06 Å². The molecule has 0 amide bonds. The molecule has 1 aromatic rings. The SMILES string of the molecule is O=C1OC2CN=C(Nc3c(Cl)cccc3Cl)N2OC(=O)C(O)C1O. The summed E-state index contributed by atoms with van der Waals surface area (Å²) in [6.07, 6.45) is -5.20. The number of hydrogen-bond donors (Lipinski definition) is 3. The Kier molecular flexibility index (Phi) is 4.50. The highest BCUT2D eigenvalue weighted by Crippen LogP contribution is 2.31. The number of fused-ring (bicyclic) bond motifs is 1. The van der Waals surface area contributed by atoms with Crippen LogP contribution >= 0.6 is 23.2 Å². The molecule has 2 aliphatic heterocycles. The molecule has 0 spiro atoms. The molecule has 1 saturated heterocycles. The predicted octanol–water partition coefficient (Wildman–Crippen LogP) is 0.140. The fraction of sp³-hybridized carbons (Fsp3) is 0.308. The predicted molar refractivity (Wildman–Crippen MR) is 82.2 cm³/mol. The van der Waals surface area contributed by atoms with Crippen LogP contribution < -0.4 is 5.32 Å². The smallest absolute Gasteiger partial charge is 0.364 e. The number of ether oxygens (including phenoxy) is 1. The van der Waals surface area contributed by atoms with Gasteiger partial charge in [0.05, 0.1) is 15.7 Å². The van der Waals surface area contributed by atoms with E-state index in [-0.39, 0.29) is 12.5 Å². The maximum Gasteiger partial charge on any atom is 0.364 e. The van der Waals surface area contributed by atoms with E-state index >= 15 is 0 Å². The number of carbonyl (C=O) groups is 2. The van der Waals surface area contributed by atoms with Gasteiger partial charge >= 0.3 is 11.9 Å². The number of hydroxylamine groups is 2. The minimum Gasteiger partial charge on any atom is -0.434 e. The van der Waals surface area contributed by atoms with Crippen molar-refractivity contribution >= 4 is 46.8 Å². The molecular weight excluding hydrogens is 365 g/mol. The van der Waals surface area contributed by atoms with E-state index in [9.17, 15) is 19.8 Å². The van der Waals surface area contributed by atoms with Gasteiger partial charge in [-0.3, -0.25) is 0 Å². The summed E-state index contributed by atoms with van der Waals surface area (Å²) in [6.45, 7) is -0.0633. The van der Waals surface area contributed by atoms with Crippen LogP contribution in [0, 0.1) is 0 Å². The van der Waals surface area contributed by atoms with Crippen molar-refractivity contribution in [2.75, 3.05) is 11.9 Å². The van der Waals surface area contributed by atoms with Crippen LogP contribution in [0.2, 0.25) is 10.0 Å². The minimum atomic E-state index is -2.08. The van der Waals surface area contributed by atoms with E-state index in [2.05, 4.69) is 10.3 Å². The number of anilines is 1. The second-order valence-electron chi connectivity index (χ2n) is 4.90. The first-order valence-electron chi connectivity index (χ1n) is 6.71. The number of nitrogens with zero attached hydrogens (tertiary/aromatic N) is 2. The maximum atomic E-state index is 11.8. The van der Waals surface area contributed by atoms with Gasteiger partial charge in [0.15, 0.2) is 12.2 Å². The van der Waals surface area contributed by atoms with Gasteiger partial charge in [-0.25, -0.2) is 14.6 Å². The van der Waals surface area contributed by atoms with Crippen molar-refractivity contribution in [2.45, 2.75) is 18.4 Å². The molecule has 3 rings (SSSR count). The molecule has 11 heteroatoms. The lowest BCUT2D eigenvalue weighted by Gasteiger charge is -2.30. The Hall–Kier alpha value is -2.07. The first kappa shape index (κ1) is 16.8. The molecule has 9 nitrogen and oxygen atoms in total. The van der Waals surface area contributed by atoms with Gasteiger partial charge in [0.2, 0.25) is 12.2 Å². The number of carbonyl (C=O) groups excluding carboxylic acids is 2. The quantitative estimate of drug-likeness (QED) is 0.592. The number of aliphatic hydroxyl groups is 2. The van der Waals surface area contributed by atoms with E-state index in [1.807, 2.05) is 0 Å². The molecular formula is C13H11Cl2N3O6. The third-order valence-electron chi connectivity index (χ3n) is 3.29. The molecule has 3 atom stereocenters. The van der Waals surface area contributed by atoms with E-state index < -0.39 is 30.4 Å². The standard InChI is InChI=1S/C13H11Cl2N3O6/c14-5-2-1-3-6(15)8(5)17-13-16-4-7-18(13)24-12(22)10(20)9(19)11(21)23-7/h1-3,7,9-10,19-20H,4H2,(H,16,17). The molecule has 3 N–H and O–H groups in total. The van der Waals surface area contributed by atoms with E-state index in [0.29, 0.717) is 15.7 Å². The normalized spacial score (nSPS) is 26.8. The number of halogens is 2. The Balaban J connectivity index is 1.85. The second kappa shape index (κ2) is 6.44. The van der Waals surface area contributed by atoms with Crippen LogP contribution in [0.25, 0.3) is 0 Å². The van der Waals surface area contributed by atoms with Crippen LogP contribution in [0.5, 0.6) is 0 Å². The molecule has 1 fully saturated rings. The van der Waals surface area contributed by atoms with Gasteiger partial charge < -0.3 is 25.1 Å². The van der Waals surface area contributed by atoms with Crippen molar-refractivity contribution in [2.24, 2.45) is 4.99 Å². The summed E-state index contributed by atoms with van der Waals surface area (Å²) in [6, 6.07) is 4.81. The van der Waals surface area contributed by atoms with Gasteiger partial charge in [-0.1, -0.05) is 29.3 Å². The summed E-state index contributed by atoms with van der Waals surface area (Å²) in [5.41, 5.74) is 0.310. The zero-order valence-corrected chi connectivity index (χ0v) is 13.4. The molecule has 1 aromatic carbocycles. The molecule has 3 unspecified atom stereocenters. The highest BCUT2D eigenvalue weighted by Gasteiger charge is 2.44. The van der Waals surface area contributed by atoms with Crippen LogP contribution in [-0.4, -0.2) is 58.2 Å². The average molecular weight is 376 g/mol.